The molecule has 3 N–H and O–H groups in total. The molecule has 1 aromatic carbocycles. The Morgan fingerprint density at radius 3 is 2.28 bits per heavy atom. The van der Waals surface area contributed by atoms with Crippen LogP contribution in [0.5, 0.6) is 5.75 Å². The van der Waals surface area contributed by atoms with Crippen LogP contribution in [-0.2, 0) is 0 Å². The van der Waals surface area contributed by atoms with E-state index in [-0.39, 0.29) is 11.5 Å². The van der Waals surface area contributed by atoms with Gasteiger partial charge in [0.2, 0.25) is 0 Å². The molecule has 0 spiro atoms. The molecule has 0 aliphatic carbocycles. The van der Waals surface area contributed by atoms with Crippen molar-refractivity contribution in [3.63, 3.8) is 0 Å². The van der Waals surface area contributed by atoms with Crippen LogP contribution in [0.2, 0.25) is 0 Å². The maximum Gasteiger partial charge on any atom is 0.144 e. The highest BCUT2D eigenvalue weighted by molar-refractivity contribution is 5.73. The summed E-state index contributed by atoms with van der Waals surface area (Å²) in [5.74, 6) is 0.746. The van der Waals surface area contributed by atoms with Crippen LogP contribution in [0, 0.1) is 5.41 Å². The van der Waals surface area contributed by atoms with Crippen LogP contribution < -0.4 is 15.8 Å². The number of rotatable bonds is 4. The summed E-state index contributed by atoms with van der Waals surface area (Å²) >= 11 is 0. The van der Waals surface area contributed by atoms with Gasteiger partial charge in [0, 0.05) is 6.04 Å². The Bertz CT molecular complexity index is 394. The molecule has 0 amide bonds. The Morgan fingerprint density at radius 1 is 1.17 bits per heavy atom. The van der Waals surface area contributed by atoms with Crippen molar-refractivity contribution in [1.29, 1.82) is 0 Å². The van der Waals surface area contributed by atoms with E-state index in [0.717, 1.165) is 11.4 Å². The van der Waals surface area contributed by atoms with Crippen LogP contribution in [0.4, 0.5) is 11.4 Å². The van der Waals surface area contributed by atoms with Gasteiger partial charge in [0.25, 0.3) is 0 Å². The van der Waals surface area contributed by atoms with E-state index in [9.17, 15) is 0 Å². The molecule has 0 fully saturated rings. The molecule has 0 radical (unpaired) electrons. The number of ether oxygens (including phenoxy) is 1. The van der Waals surface area contributed by atoms with Crippen LogP contribution in [0.3, 0.4) is 0 Å². The van der Waals surface area contributed by atoms with Crippen molar-refractivity contribution >= 4 is 11.4 Å². The first-order chi connectivity index (χ1) is 8.21. The molecule has 0 aromatic heterocycles. The molecule has 102 valence electrons. The van der Waals surface area contributed by atoms with E-state index in [2.05, 4.69) is 33.0 Å². The molecule has 0 aliphatic rings. The lowest BCUT2D eigenvalue weighted by Crippen LogP contribution is -2.31. The van der Waals surface area contributed by atoms with E-state index >= 15 is 0 Å². The van der Waals surface area contributed by atoms with Crippen LogP contribution in [0.1, 0.15) is 41.5 Å². The fraction of sp³-hybridized carbons (Fsp3) is 0.600. The minimum Gasteiger partial charge on any atom is -0.489 e. The van der Waals surface area contributed by atoms with E-state index in [0.29, 0.717) is 11.7 Å². The number of hydrogen-bond acceptors (Lipinski definition) is 3. The van der Waals surface area contributed by atoms with Crippen molar-refractivity contribution < 1.29 is 4.74 Å². The summed E-state index contributed by atoms with van der Waals surface area (Å²) < 4.78 is 5.69. The van der Waals surface area contributed by atoms with E-state index < -0.39 is 0 Å². The molecular weight excluding hydrogens is 224 g/mol. The van der Waals surface area contributed by atoms with Gasteiger partial charge in [0.15, 0.2) is 0 Å². The van der Waals surface area contributed by atoms with Gasteiger partial charge in [-0.25, -0.2) is 0 Å². The Morgan fingerprint density at radius 2 is 1.78 bits per heavy atom. The number of para-hydroxylation sites is 1. The molecule has 1 aromatic rings. The molecule has 1 rings (SSSR count). The minimum atomic E-state index is 0.127. The van der Waals surface area contributed by atoms with Gasteiger partial charge >= 0.3 is 0 Å². The number of anilines is 2. The standard InChI is InChI=1S/C15H26N2O/c1-10(2)18-13-9-7-8-12(14(13)16)17-11(3)15(4,5)6/h7-11,17H,16H2,1-6H3. The van der Waals surface area contributed by atoms with Crippen molar-refractivity contribution in [3.8, 4) is 5.75 Å². The molecule has 1 unspecified atom stereocenters. The van der Waals surface area contributed by atoms with Crippen molar-refractivity contribution in [3.05, 3.63) is 18.2 Å². The second-order valence-corrected chi connectivity index (χ2v) is 6.12. The fourth-order valence-electron chi connectivity index (χ4n) is 1.48. The zero-order valence-corrected chi connectivity index (χ0v) is 12.4. The van der Waals surface area contributed by atoms with Gasteiger partial charge in [-0.05, 0) is 38.3 Å². The molecule has 1 atom stereocenters. The van der Waals surface area contributed by atoms with E-state index in [1.807, 2.05) is 32.0 Å². The molecule has 0 bridgehead atoms. The Hall–Kier alpha value is -1.38. The predicted molar refractivity (Wildman–Crippen MR) is 79.2 cm³/mol. The second-order valence-electron chi connectivity index (χ2n) is 6.12. The lowest BCUT2D eigenvalue weighted by molar-refractivity contribution is 0.244. The Kier molecular flexibility index (Phi) is 4.49. The SMILES string of the molecule is CC(C)Oc1cccc(NC(C)C(C)(C)C)c1N. The highest BCUT2D eigenvalue weighted by Crippen LogP contribution is 2.32. The monoisotopic (exact) mass is 250 g/mol. The smallest absolute Gasteiger partial charge is 0.144 e. The molecule has 0 saturated heterocycles. The van der Waals surface area contributed by atoms with Gasteiger partial charge in [-0.15, -0.1) is 0 Å². The Labute approximate surface area is 111 Å². The number of nitrogen functional groups attached to an aromatic ring is 1. The summed E-state index contributed by atoms with van der Waals surface area (Å²) in [7, 11) is 0. The van der Waals surface area contributed by atoms with Crippen LogP contribution >= 0.6 is 0 Å². The van der Waals surface area contributed by atoms with Gasteiger partial charge in [-0.3, -0.25) is 0 Å². The zero-order chi connectivity index (χ0) is 13.9. The van der Waals surface area contributed by atoms with Crippen LogP contribution in [0.25, 0.3) is 0 Å². The van der Waals surface area contributed by atoms with Gasteiger partial charge < -0.3 is 15.8 Å². The number of hydrogen-bond donors (Lipinski definition) is 2. The van der Waals surface area contributed by atoms with Crippen LogP contribution in [-0.4, -0.2) is 12.1 Å². The molecule has 3 heteroatoms. The van der Waals surface area contributed by atoms with Crippen LogP contribution in [0.15, 0.2) is 18.2 Å². The first kappa shape index (κ1) is 14.7. The maximum absolute atomic E-state index is 6.14. The maximum atomic E-state index is 6.14. The Balaban J connectivity index is 2.90. The summed E-state index contributed by atoms with van der Waals surface area (Å²) in [6, 6.07) is 6.19. The molecule has 18 heavy (non-hydrogen) atoms. The van der Waals surface area contributed by atoms with Crippen molar-refractivity contribution in [2.45, 2.75) is 53.7 Å². The summed E-state index contributed by atoms with van der Waals surface area (Å²) in [6.07, 6.45) is 0.127. The lowest BCUT2D eigenvalue weighted by atomic mass is 9.88. The number of nitrogens with two attached hydrogens (primary N) is 1. The number of benzene rings is 1. The first-order valence-electron chi connectivity index (χ1n) is 6.53. The lowest BCUT2D eigenvalue weighted by Gasteiger charge is -2.29. The average molecular weight is 250 g/mol. The fourth-order valence-corrected chi connectivity index (χ4v) is 1.48. The third-order valence-corrected chi connectivity index (χ3v) is 3.10. The first-order valence-corrected chi connectivity index (χ1v) is 6.53. The molecular formula is C15H26N2O. The molecule has 0 heterocycles. The second kappa shape index (κ2) is 5.51. The summed E-state index contributed by atoms with van der Waals surface area (Å²) in [5.41, 5.74) is 7.94. The van der Waals surface area contributed by atoms with Gasteiger partial charge in [-0.1, -0.05) is 26.8 Å². The largest absolute Gasteiger partial charge is 0.489 e. The van der Waals surface area contributed by atoms with E-state index in [1.54, 1.807) is 0 Å². The van der Waals surface area contributed by atoms with E-state index in [1.165, 1.54) is 0 Å². The highest BCUT2D eigenvalue weighted by Gasteiger charge is 2.20. The highest BCUT2D eigenvalue weighted by atomic mass is 16.5. The van der Waals surface area contributed by atoms with Crippen molar-refractivity contribution in [1.82, 2.24) is 0 Å². The topological polar surface area (TPSA) is 47.3 Å². The quantitative estimate of drug-likeness (QED) is 0.797. The van der Waals surface area contributed by atoms with Gasteiger partial charge in [-0.2, -0.15) is 0 Å². The predicted octanol–water partition coefficient (Wildman–Crippen LogP) is 3.90. The third-order valence-electron chi connectivity index (χ3n) is 3.10. The molecule has 3 nitrogen and oxygen atoms in total. The van der Waals surface area contributed by atoms with E-state index in [4.69, 9.17) is 10.5 Å². The average Bonchev–Trinajstić information content (AvgIpc) is 2.21. The molecule has 0 saturated carbocycles. The third kappa shape index (κ3) is 3.83. The normalized spacial score (nSPS) is 13.5. The zero-order valence-electron chi connectivity index (χ0n) is 12.4. The molecule has 0 aliphatic heterocycles. The minimum absolute atomic E-state index is 0.127. The van der Waals surface area contributed by atoms with Crippen molar-refractivity contribution in [2.75, 3.05) is 11.1 Å². The summed E-state index contributed by atoms with van der Waals surface area (Å²) in [6.45, 7) is 12.8. The summed E-state index contributed by atoms with van der Waals surface area (Å²) in [5, 5.41) is 3.46. The van der Waals surface area contributed by atoms with Crippen molar-refractivity contribution in [2.24, 2.45) is 5.41 Å². The summed E-state index contributed by atoms with van der Waals surface area (Å²) in [4.78, 5) is 0. The van der Waals surface area contributed by atoms with Gasteiger partial charge in [0.05, 0.1) is 17.5 Å². The number of nitrogens with one attached hydrogen (secondary N) is 1. The van der Waals surface area contributed by atoms with Gasteiger partial charge in [0.1, 0.15) is 5.75 Å².